The molecule has 25 heavy (non-hydrogen) atoms. The van der Waals surface area contributed by atoms with Crippen LogP contribution < -0.4 is 0 Å². The zero-order chi connectivity index (χ0) is 17.4. The Morgan fingerprint density at radius 1 is 0.840 bits per heavy atom. The average Bonchev–Trinajstić information content (AvgIpc) is 3.22. The van der Waals surface area contributed by atoms with E-state index in [-0.39, 0.29) is 0 Å². The number of benzene rings is 2. The second-order valence-corrected chi connectivity index (χ2v) is 6.48. The molecule has 0 saturated heterocycles. The Morgan fingerprint density at radius 3 is 1.96 bits per heavy atom. The zero-order valence-corrected chi connectivity index (χ0v) is 14.3. The van der Waals surface area contributed by atoms with E-state index in [4.69, 9.17) is 11.6 Å². The first-order chi connectivity index (χ1) is 12.2. The molecule has 2 heterocycles. The molecule has 3 aromatic rings. The lowest BCUT2D eigenvalue weighted by Gasteiger charge is -2.09. The maximum absolute atomic E-state index is 12.6. The lowest BCUT2D eigenvalue weighted by molar-refractivity contribution is -0.108. The van der Waals surface area contributed by atoms with Crippen LogP contribution in [0, 0.1) is 0 Å². The first-order valence-corrected chi connectivity index (χ1v) is 8.66. The molecule has 0 radical (unpaired) electrons. The number of aromatic nitrogens is 1. The van der Waals surface area contributed by atoms with E-state index in [1.165, 1.54) is 0 Å². The number of halogens is 1. The van der Waals surface area contributed by atoms with Crippen LogP contribution in [0.5, 0.6) is 0 Å². The molecule has 0 N–H and O–H groups in total. The standard InChI is InChI=1S/C21H16ClNO2/c22-21(25)20(24)19-18(15-10-5-2-6-11-15)17(14-8-3-1-4-9-14)16-12-7-13-23(16)19/h1-6,8-11H,7,12-13H2. The van der Waals surface area contributed by atoms with Gasteiger partial charge in [0.2, 0.25) is 0 Å². The van der Waals surface area contributed by atoms with Gasteiger partial charge in [0.1, 0.15) is 5.69 Å². The van der Waals surface area contributed by atoms with Crippen LogP contribution in [-0.2, 0) is 17.8 Å². The number of carbonyl (C=O) groups is 2. The van der Waals surface area contributed by atoms with Crippen LogP contribution in [0.1, 0.15) is 22.6 Å². The van der Waals surface area contributed by atoms with Crippen LogP contribution in [0.2, 0.25) is 0 Å². The minimum absolute atomic E-state index is 0.414. The molecular formula is C21H16ClNO2. The van der Waals surface area contributed by atoms with E-state index in [9.17, 15) is 9.59 Å². The fraction of sp³-hybridized carbons (Fsp3) is 0.143. The summed E-state index contributed by atoms with van der Waals surface area (Å²) in [4.78, 5) is 24.3. The van der Waals surface area contributed by atoms with Crippen molar-refractivity contribution < 1.29 is 9.59 Å². The van der Waals surface area contributed by atoms with Gasteiger partial charge in [-0.25, -0.2) is 0 Å². The van der Waals surface area contributed by atoms with Crippen molar-refractivity contribution in [2.75, 3.05) is 0 Å². The Bertz CT molecular complexity index is 959. The van der Waals surface area contributed by atoms with Crippen molar-refractivity contribution in [2.24, 2.45) is 0 Å². The molecule has 0 atom stereocenters. The van der Waals surface area contributed by atoms with Gasteiger partial charge in [-0.05, 0) is 35.6 Å². The van der Waals surface area contributed by atoms with Crippen LogP contribution in [0.3, 0.4) is 0 Å². The summed E-state index contributed by atoms with van der Waals surface area (Å²) in [6, 6.07) is 19.7. The Kier molecular flexibility index (Phi) is 4.02. The molecule has 1 aliphatic rings. The predicted octanol–water partition coefficient (Wildman–Crippen LogP) is 4.72. The van der Waals surface area contributed by atoms with Gasteiger partial charge in [-0.3, -0.25) is 9.59 Å². The van der Waals surface area contributed by atoms with Gasteiger partial charge < -0.3 is 4.57 Å². The molecule has 1 aliphatic heterocycles. The van der Waals surface area contributed by atoms with E-state index < -0.39 is 11.0 Å². The molecule has 0 bridgehead atoms. The van der Waals surface area contributed by atoms with Crippen molar-refractivity contribution in [1.82, 2.24) is 4.57 Å². The van der Waals surface area contributed by atoms with Crippen LogP contribution >= 0.6 is 11.6 Å². The minimum atomic E-state index is -0.941. The Labute approximate surface area is 150 Å². The van der Waals surface area contributed by atoms with Gasteiger partial charge >= 0.3 is 0 Å². The molecule has 4 rings (SSSR count). The average molecular weight is 350 g/mol. The quantitative estimate of drug-likeness (QED) is 0.388. The van der Waals surface area contributed by atoms with Crippen molar-refractivity contribution in [3.63, 3.8) is 0 Å². The lowest BCUT2D eigenvalue weighted by Crippen LogP contribution is -2.14. The highest BCUT2D eigenvalue weighted by Crippen LogP contribution is 2.43. The summed E-state index contributed by atoms with van der Waals surface area (Å²) in [5.41, 5.74) is 5.33. The summed E-state index contributed by atoms with van der Waals surface area (Å²) in [5, 5.41) is -0.941. The normalized spacial score (nSPS) is 12.8. The third-order valence-electron chi connectivity index (χ3n) is 4.68. The second-order valence-electron chi connectivity index (χ2n) is 6.14. The number of Topliss-reactive ketones (excluding diaryl/α,β-unsaturated/α-hetero) is 1. The first kappa shape index (κ1) is 15.9. The van der Waals surface area contributed by atoms with E-state index in [1.54, 1.807) is 0 Å². The van der Waals surface area contributed by atoms with Gasteiger partial charge in [0.15, 0.2) is 0 Å². The van der Waals surface area contributed by atoms with E-state index in [1.807, 2.05) is 65.2 Å². The fourth-order valence-electron chi connectivity index (χ4n) is 3.71. The Hall–Kier alpha value is -2.65. The third-order valence-corrected chi connectivity index (χ3v) is 4.86. The molecule has 0 spiro atoms. The smallest absolute Gasteiger partial charge is 0.294 e. The SMILES string of the molecule is O=C(Cl)C(=O)c1c(-c2ccccc2)c(-c2ccccc2)c2n1CCC2. The van der Waals surface area contributed by atoms with E-state index in [0.29, 0.717) is 5.69 Å². The molecule has 3 nitrogen and oxygen atoms in total. The number of nitrogens with zero attached hydrogens (tertiary/aromatic N) is 1. The zero-order valence-electron chi connectivity index (χ0n) is 13.5. The van der Waals surface area contributed by atoms with E-state index >= 15 is 0 Å². The Balaban J connectivity index is 2.09. The Morgan fingerprint density at radius 2 is 1.40 bits per heavy atom. The molecule has 4 heteroatoms. The molecule has 0 fully saturated rings. The van der Waals surface area contributed by atoms with Crippen molar-refractivity contribution in [3.8, 4) is 22.3 Å². The molecular weight excluding hydrogens is 334 g/mol. The number of carbonyl (C=O) groups excluding carboxylic acids is 2. The maximum Gasteiger partial charge on any atom is 0.294 e. The molecule has 0 saturated carbocycles. The highest BCUT2D eigenvalue weighted by Gasteiger charge is 2.32. The maximum atomic E-state index is 12.6. The van der Waals surface area contributed by atoms with Crippen LogP contribution in [0.4, 0.5) is 0 Å². The van der Waals surface area contributed by atoms with Crippen molar-refractivity contribution in [2.45, 2.75) is 19.4 Å². The van der Waals surface area contributed by atoms with Crippen LogP contribution in [0.25, 0.3) is 22.3 Å². The topological polar surface area (TPSA) is 39.1 Å². The molecule has 0 amide bonds. The summed E-state index contributed by atoms with van der Waals surface area (Å²) in [7, 11) is 0. The van der Waals surface area contributed by atoms with Crippen molar-refractivity contribution >= 4 is 22.6 Å². The van der Waals surface area contributed by atoms with Crippen molar-refractivity contribution in [1.29, 1.82) is 0 Å². The number of rotatable bonds is 4. The van der Waals surface area contributed by atoms with Gasteiger partial charge in [0.05, 0.1) is 0 Å². The molecule has 0 aliphatic carbocycles. The highest BCUT2D eigenvalue weighted by molar-refractivity contribution is 6.83. The molecule has 1 aromatic heterocycles. The van der Waals surface area contributed by atoms with Gasteiger partial charge in [0.25, 0.3) is 11.0 Å². The highest BCUT2D eigenvalue weighted by atomic mass is 35.5. The summed E-state index contributed by atoms with van der Waals surface area (Å²) < 4.78 is 1.98. The van der Waals surface area contributed by atoms with Gasteiger partial charge in [-0.1, -0.05) is 60.7 Å². The lowest BCUT2D eigenvalue weighted by atomic mass is 9.93. The number of hydrogen-bond donors (Lipinski definition) is 0. The summed E-state index contributed by atoms with van der Waals surface area (Å²) in [6.45, 7) is 0.729. The third kappa shape index (κ3) is 2.61. The summed E-state index contributed by atoms with van der Waals surface area (Å²) in [5.74, 6) is -0.633. The first-order valence-electron chi connectivity index (χ1n) is 8.29. The minimum Gasteiger partial charge on any atom is -0.341 e. The molecule has 0 unspecified atom stereocenters. The number of ketones is 1. The van der Waals surface area contributed by atoms with Gasteiger partial charge in [-0.15, -0.1) is 0 Å². The molecule has 2 aromatic carbocycles. The largest absolute Gasteiger partial charge is 0.341 e. The molecule has 124 valence electrons. The van der Waals surface area contributed by atoms with Gasteiger partial charge in [-0.2, -0.15) is 0 Å². The van der Waals surface area contributed by atoms with Crippen LogP contribution in [-0.4, -0.2) is 15.6 Å². The monoisotopic (exact) mass is 349 g/mol. The second kappa shape index (κ2) is 6.34. The van der Waals surface area contributed by atoms with E-state index in [0.717, 1.165) is 47.3 Å². The number of hydrogen-bond acceptors (Lipinski definition) is 2. The summed E-state index contributed by atoms with van der Waals surface area (Å²) in [6.07, 6.45) is 1.84. The van der Waals surface area contributed by atoms with Gasteiger partial charge in [0, 0.05) is 23.4 Å². The van der Waals surface area contributed by atoms with Crippen LogP contribution in [0.15, 0.2) is 60.7 Å². The van der Waals surface area contributed by atoms with E-state index in [2.05, 4.69) is 0 Å². The summed E-state index contributed by atoms with van der Waals surface area (Å²) >= 11 is 5.58. The fourth-order valence-corrected chi connectivity index (χ4v) is 3.80. The van der Waals surface area contributed by atoms with Crippen molar-refractivity contribution in [3.05, 3.63) is 72.1 Å². The number of fused-ring (bicyclic) bond motifs is 1. The predicted molar refractivity (Wildman–Crippen MR) is 98.8 cm³/mol.